The van der Waals surface area contributed by atoms with Gasteiger partial charge in [-0.15, -0.1) is 15.0 Å². The van der Waals surface area contributed by atoms with E-state index in [9.17, 15) is 30.0 Å². The molecule has 2 atom stereocenters. The molecule has 1 aromatic heterocycles. The number of phenolic OH excluding ortho intramolecular Hbond substituents is 1. The van der Waals surface area contributed by atoms with Crippen LogP contribution in [0, 0.1) is 0 Å². The lowest BCUT2D eigenvalue weighted by Crippen LogP contribution is -2.33. The molecule has 0 amide bonds. The Morgan fingerprint density at radius 2 is 1.80 bits per heavy atom. The van der Waals surface area contributed by atoms with Crippen molar-refractivity contribution in [2.75, 3.05) is 6.61 Å². The van der Waals surface area contributed by atoms with Gasteiger partial charge in [0.1, 0.15) is 35.2 Å². The SMILES string of the molecule is O=C1O[C@H]([C@H](O)COC(=O)c2ccc(O)c(-n3nc4ccccc4n3)c2)C(O)=C1O. The third-order valence-electron chi connectivity index (χ3n) is 4.39. The van der Waals surface area contributed by atoms with Gasteiger partial charge in [0.2, 0.25) is 5.76 Å². The maximum Gasteiger partial charge on any atom is 0.377 e. The van der Waals surface area contributed by atoms with Crippen LogP contribution < -0.4 is 0 Å². The van der Waals surface area contributed by atoms with E-state index in [2.05, 4.69) is 14.9 Å². The van der Waals surface area contributed by atoms with E-state index in [1.54, 1.807) is 24.3 Å². The zero-order valence-corrected chi connectivity index (χ0v) is 15.2. The van der Waals surface area contributed by atoms with E-state index in [0.717, 1.165) is 0 Å². The number of aromatic hydroxyl groups is 1. The highest BCUT2D eigenvalue weighted by atomic mass is 16.6. The zero-order valence-electron chi connectivity index (χ0n) is 15.2. The number of hydrogen-bond acceptors (Lipinski definition) is 10. The molecule has 1 aliphatic rings. The van der Waals surface area contributed by atoms with Gasteiger partial charge in [0, 0.05) is 0 Å². The first-order valence-corrected chi connectivity index (χ1v) is 8.69. The molecule has 30 heavy (non-hydrogen) atoms. The number of nitrogens with zero attached hydrogens (tertiary/aromatic N) is 3. The Labute approximate surface area is 168 Å². The fourth-order valence-corrected chi connectivity index (χ4v) is 2.84. The number of aliphatic hydroxyl groups excluding tert-OH is 3. The lowest BCUT2D eigenvalue weighted by molar-refractivity contribution is -0.147. The van der Waals surface area contributed by atoms with Gasteiger partial charge in [-0.1, -0.05) is 12.1 Å². The van der Waals surface area contributed by atoms with E-state index >= 15 is 0 Å². The molecule has 0 saturated carbocycles. The number of esters is 2. The van der Waals surface area contributed by atoms with E-state index in [1.165, 1.54) is 23.0 Å². The van der Waals surface area contributed by atoms with Crippen molar-refractivity contribution in [1.82, 2.24) is 15.0 Å². The van der Waals surface area contributed by atoms with Crippen molar-refractivity contribution in [2.24, 2.45) is 0 Å². The van der Waals surface area contributed by atoms with Gasteiger partial charge in [-0.3, -0.25) is 0 Å². The number of carbonyl (C=O) groups is 2. The molecule has 4 rings (SSSR count). The maximum absolute atomic E-state index is 12.3. The summed E-state index contributed by atoms with van der Waals surface area (Å²) >= 11 is 0. The van der Waals surface area contributed by atoms with E-state index in [1.807, 2.05) is 0 Å². The quantitative estimate of drug-likeness (QED) is 0.442. The van der Waals surface area contributed by atoms with Crippen LogP contribution in [0.5, 0.6) is 5.75 Å². The normalized spacial score (nSPS) is 17.2. The minimum Gasteiger partial charge on any atom is -0.506 e. The van der Waals surface area contributed by atoms with Crippen molar-refractivity contribution in [3.63, 3.8) is 0 Å². The van der Waals surface area contributed by atoms with Crippen LogP contribution in [0.2, 0.25) is 0 Å². The average Bonchev–Trinajstić information content (AvgIpc) is 3.28. The molecule has 0 fully saturated rings. The molecule has 11 heteroatoms. The number of aliphatic hydroxyl groups is 3. The molecule has 0 radical (unpaired) electrons. The summed E-state index contributed by atoms with van der Waals surface area (Å²) in [6.45, 7) is -0.631. The molecule has 154 valence electrons. The van der Waals surface area contributed by atoms with Crippen molar-refractivity contribution in [3.05, 3.63) is 59.5 Å². The van der Waals surface area contributed by atoms with Crippen LogP contribution >= 0.6 is 0 Å². The predicted molar refractivity (Wildman–Crippen MR) is 99.0 cm³/mol. The third-order valence-corrected chi connectivity index (χ3v) is 4.39. The fourth-order valence-electron chi connectivity index (χ4n) is 2.84. The van der Waals surface area contributed by atoms with Gasteiger partial charge in [-0.2, -0.15) is 0 Å². The lowest BCUT2D eigenvalue weighted by atomic mass is 10.1. The van der Waals surface area contributed by atoms with Crippen LogP contribution in [0.4, 0.5) is 0 Å². The first-order valence-electron chi connectivity index (χ1n) is 8.69. The number of phenols is 1. The van der Waals surface area contributed by atoms with Gasteiger partial charge in [-0.25, -0.2) is 9.59 Å². The van der Waals surface area contributed by atoms with Crippen molar-refractivity contribution in [1.29, 1.82) is 0 Å². The third kappa shape index (κ3) is 3.37. The number of ether oxygens (including phenoxy) is 2. The Bertz CT molecular complexity index is 1150. The zero-order chi connectivity index (χ0) is 21.4. The van der Waals surface area contributed by atoms with Crippen LogP contribution in [0.15, 0.2) is 54.0 Å². The minimum atomic E-state index is -1.60. The highest BCUT2D eigenvalue weighted by molar-refractivity contribution is 5.91. The Balaban J connectivity index is 1.50. The second kappa shape index (κ2) is 7.37. The molecule has 4 N–H and O–H groups in total. The molecule has 2 heterocycles. The fraction of sp³-hybridized carbons (Fsp3) is 0.158. The monoisotopic (exact) mass is 413 g/mol. The standard InChI is InChI=1S/C19H15N3O8/c23-13-6-5-9(7-12(13)22-20-10-3-1-2-4-11(10)21-22)18(27)29-8-14(24)17-15(25)16(26)19(28)30-17/h1-7,14,17,23-26H,8H2/t14-,17-/m1/s1. The number of hydrogen-bond donors (Lipinski definition) is 4. The second-order valence-corrected chi connectivity index (χ2v) is 6.41. The largest absolute Gasteiger partial charge is 0.506 e. The Hall–Kier alpha value is -4.12. The Morgan fingerprint density at radius 1 is 1.13 bits per heavy atom. The number of fused-ring (bicyclic) bond motifs is 1. The number of aromatic nitrogens is 3. The first-order chi connectivity index (χ1) is 14.3. The Morgan fingerprint density at radius 3 is 2.40 bits per heavy atom. The van der Waals surface area contributed by atoms with Crippen LogP contribution in [0.25, 0.3) is 16.7 Å². The number of cyclic esters (lactones) is 1. The van der Waals surface area contributed by atoms with Crippen LogP contribution in [0.1, 0.15) is 10.4 Å². The van der Waals surface area contributed by atoms with E-state index < -0.39 is 42.3 Å². The summed E-state index contributed by atoms with van der Waals surface area (Å²) in [4.78, 5) is 24.7. The molecule has 0 unspecified atom stereocenters. The van der Waals surface area contributed by atoms with E-state index in [4.69, 9.17) is 4.74 Å². The summed E-state index contributed by atoms with van der Waals surface area (Å²) in [6, 6.07) is 10.9. The molecule has 2 aromatic carbocycles. The summed E-state index contributed by atoms with van der Waals surface area (Å²) in [5.41, 5.74) is 1.35. The highest BCUT2D eigenvalue weighted by Crippen LogP contribution is 2.24. The van der Waals surface area contributed by atoms with Gasteiger partial charge < -0.3 is 29.9 Å². The highest BCUT2D eigenvalue weighted by Gasteiger charge is 2.39. The summed E-state index contributed by atoms with van der Waals surface area (Å²) in [5, 5.41) is 47.4. The summed E-state index contributed by atoms with van der Waals surface area (Å²) in [7, 11) is 0. The molecule has 11 nitrogen and oxygen atoms in total. The topological polar surface area (TPSA) is 164 Å². The first kappa shape index (κ1) is 19.2. The Kier molecular flexibility index (Phi) is 4.72. The van der Waals surface area contributed by atoms with Crippen molar-refractivity contribution >= 4 is 23.0 Å². The molecular formula is C19H15N3O8. The van der Waals surface area contributed by atoms with Gasteiger partial charge in [0.25, 0.3) is 0 Å². The van der Waals surface area contributed by atoms with Crippen LogP contribution in [-0.4, -0.2) is 66.2 Å². The van der Waals surface area contributed by atoms with Crippen LogP contribution in [-0.2, 0) is 14.3 Å². The predicted octanol–water partition coefficient (Wildman–Crippen LogP) is 0.897. The number of benzene rings is 2. The molecule has 1 aliphatic heterocycles. The molecule has 0 saturated heterocycles. The van der Waals surface area contributed by atoms with Gasteiger partial charge in [-0.05, 0) is 30.3 Å². The molecule has 0 aliphatic carbocycles. The van der Waals surface area contributed by atoms with E-state index in [0.29, 0.717) is 11.0 Å². The van der Waals surface area contributed by atoms with Gasteiger partial charge in [0.15, 0.2) is 11.9 Å². The van der Waals surface area contributed by atoms with Crippen LogP contribution in [0.3, 0.4) is 0 Å². The average molecular weight is 413 g/mol. The van der Waals surface area contributed by atoms with E-state index in [-0.39, 0.29) is 17.0 Å². The van der Waals surface area contributed by atoms with Crippen molar-refractivity contribution < 1.29 is 39.5 Å². The number of carbonyl (C=O) groups excluding carboxylic acids is 2. The molecule has 0 spiro atoms. The summed E-state index contributed by atoms with van der Waals surface area (Å²) in [5.74, 6) is -4.07. The minimum absolute atomic E-state index is 0.0300. The lowest BCUT2D eigenvalue weighted by Gasteiger charge is -2.17. The number of rotatable bonds is 5. The summed E-state index contributed by atoms with van der Waals surface area (Å²) < 4.78 is 9.58. The maximum atomic E-state index is 12.3. The summed E-state index contributed by atoms with van der Waals surface area (Å²) in [6.07, 6.45) is -3.14. The van der Waals surface area contributed by atoms with Crippen molar-refractivity contribution in [2.45, 2.75) is 12.2 Å². The van der Waals surface area contributed by atoms with Gasteiger partial charge in [0.05, 0.1) is 5.56 Å². The van der Waals surface area contributed by atoms with Crippen molar-refractivity contribution in [3.8, 4) is 11.4 Å². The molecule has 3 aromatic rings. The second-order valence-electron chi connectivity index (χ2n) is 6.41. The smallest absolute Gasteiger partial charge is 0.377 e. The molecular weight excluding hydrogens is 398 g/mol. The van der Waals surface area contributed by atoms with Gasteiger partial charge >= 0.3 is 11.9 Å². The molecule has 0 bridgehead atoms.